The van der Waals surface area contributed by atoms with Crippen molar-refractivity contribution in [3.63, 3.8) is 0 Å². The Labute approximate surface area is 407 Å². The van der Waals surface area contributed by atoms with Gasteiger partial charge in [0.1, 0.15) is 13.2 Å². The normalized spacial score (nSPS) is 12.8. The van der Waals surface area contributed by atoms with Gasteiger partial charge in [0.05, 0.1) is 0 Å². The minimum absolute atomic E-state index is 0.104. The molecule has 0 aromatic rings. The zero-order valence-corrected chi connectivity index (χ0v) is 42.9. The molecule has 376 valence electrons. The van der Waals surface area contributed by atoms with E-state index in [1.165, 1.54) is 96.3 Å². The lowest BCUT2D eigenvalue weighted by Gasteiger charge is -2.18. The highest BCUT2D eigenvalue weighted by atomic mass is 16.6. The van der Waals surface area contributed by atoms with E-state index in [1.54, 1.807) is 0 Å². The summed E-state index contributed by atoms with van der Waals surface area (Å²) < 4.78 is 16.7. The van der Waals surface area contributed by atoms with Crippen LogP contribution in [-0.4, -0.2) is 37.2 Å². The van der Waals surface area contributed by atoms with Crippen molar-refractivity contribution in [3.8, 4) is 0 Å². The van der Waals surface area contributed by atoms with Crippen LogP contribution in [0.3, 0.4) is 0 Å². The fraction of sp³-hybridized carbons (Fsp3) is 0.683. The van der Waals surface area contributed by atoms with E-state index < -0.39 is 6.10 Å². The van der Waals surface area contributed by atoms with Gasteiger partial charge in [-0.25, -0.2) is 0 Å². The van der Waals surface area contributed by atoms with Gasteiger partial charge in [0.25, 0.3) is 0 Å². The minimum Gasteiger partial charge on any atom is -0.462 e. The molecular weight excluding hydrogens is 817 g/mol. The average Bonchev–Trinajstić information content (AvgIpc) is 3.31. The van der Waals surface area contributed by atoms with E-state index in [-0.39, 0.29) is 37.5 Å². The second-order valence-electron chi connectivity index (χ2n) is 17.8. The van der Waals surface area contributed by atoms with Crippen molar-refractivity contribution < 1.29 is 28.6 Å². The van der Waals surface area contributed by atoms with Crippen LogP contribution in [0.15, 0.2) is 97.2 Å². The van der Waals surface area contributed by atoms with Gasteiger partial charge in [0.15, 0.2) is 6.10 Å². The number of hydrogen-bond acceptors (Lipinski definition) is 6. The van der Waals surface area contributed by atoms with Crippen LogP contribution in [0.5, 0.6) is 0 Å². The van der Waals surface area contributed by atoms with Crippen molar-refractivity contribution in [2.45, 2.75) is 252 Å². The second-order valence-corrected chi connectivity index (χ2v) is 17.8. The predicted molar refractivity (Wildman–Crippen MR) is 284 cm³/mol. The Balaban J connectivity index is 4.44. The maximum absolute atomic E-state index is 12.8. The molecule has 0 aromatic heterocycles. The zero-order valence-electron chi connectivity index (χ0n) is 42.9. The highest BCUT2D eigenvalue weighted by Crippen LogP contribution is 2.14. The van der Waals surface area contributed by atoms with E-state index in [0.29, 0.717) is 19.3 Å². The van der Waals surface area contributed by atoms with Gasteiger partial charge in [-0.15, -0.1) is 0 Å². The molecule has 0 spiro atoms. The number of ether oxygens (including phenoxy) is 3. The molecule has 6 heteroatoms. The molecule has 0 bridgehead atoms. The Morgan fingerprint density at radius 1 is 0.318 bits per heavy atom. The first-order valence-electron chi connectivity index (χ1n) is 27.2. The van der Waals surface area contributed by atoms with Gasteiger partial charge in [-0.2, -0.15) is 0 Å². The third-order valence-corrected chi connectivity index (χ3v) is 11.3. The van der Waals surface area contributed by atoms with E-state index in [1.807, 2.05) is 0 Å². The first kappa shape index (κ1) is 62.3. The van der Waals surface area contributed by atoms with Crippen LogP contribution in [-0.2, 0) is 28.6 Å². The van der Waals surface area contributed by atoms with Crippen molar-refractivity contribution in [2.75, 3.05) is 13.2 Å². The van der Waals surface area contributed by atoms with E-state index in [9.17, 15) is 14.4 Å². The summed E-state index contributed by atoms with van der Waals surface area (Å²) in [6.07, 6.45) is 71.2. The minimum atomic E-state index is -0.811. The molecular formula is C60H100O6. The lowest BCUT2D eigenvalue weighted by atomic mass is 10.1. The first-order valence-corrected chi connectivity index (χ1v) is 27.2. The Morgan fingerprint density at radius 3 is 0.970 bits per heavy atom. The van der Waals surface area contributed by atoms with Gasteiger partial charge in [-0.05, 0) is 96.3 Å². The summed E-state index contributed by atoms with van der Waals surface area (Å²) in [4.78, 5) is 38.0. The van der Waals surface area contributed by atoms with E-state index in [0.717, 1.165) is 103 Å². The topological polar surface area (TPSA) is 78.9 Å². The van der Waals surface area contributed by atoms with Gasteiger partial charge in [0.2, 0.25) is 0 Å². The fourth-order valence-electron chi connectivity index (χ4n) is 7.25. The fourth-order valence-corrected chi connectivity index (χ4v) is 7.25. The lowest BCUT2D eigenvalue weighted by Crippen LogP contribution is -2.30. The number of carbonyl (C=O) groups is 3. The molecule has 0 fully saturated rings. The monoisotopic (exact) mass is 917 g/mol. The van der Waals surface area contributed by atoms with Gasteiger partial charge in [-0.3, -0.25) is 14.4 Å². The largest absolute Gasteiger partial charge is 0.462 e. The van der Waals surface area contributed by atoms with Crippen molar-refractivity contribution >= 4 is 17.9 Å². The Kier molecular flexibility index (Phi) is 50.9. The summed E-state index contributed by atoms with van der Waals surface area (Å²) in [6, 6.07) is 0. The van der Waals surface area contributed by atoms with Crippen molar-refractivity contribution in [2.24, 2.45) is 0 Å². The van der Waals surface area contributed by atoms with Gasteiger partial charge in [-0.1, -0.05) is 227 Å². The van der Waals surface area contributed by atoms with Crippen molar-refractivity contribution in [1.29, 1.82) is 0 Å². The lowest BCUT2D eigenvalue weighted by molar-refractivity contribution is -0.167. The number of unbranched alkanes of at least 4 members (excludes halogenated alkanes) is 21. The summed E-state index contributed by atoms with van der Waals surface area (Å²) in [6.45, 7) is 6.44. The maximum atomic E-state index is 12.8. The third kappa shape index (κ3) is 51.3. The molecule has 0 rings (SSSR count). The molecule has 0 aromatic carbocycles. The quantitative estimate of drug-likeness (QED) is 0.0262. The molecule has 0 aliphatic rings. The van der Waals surface area contributed by atoms with Crippen LogP contribution in [0.25, 0.3) is 0 Å². The van der Waals surface area contributed by atoms with E-state index in [4.69, 9.17) is 14.2 Å². The number of hydrogen-bond donors (Lipinski definition) is 0. The first-order chi connectivity index (χ1) is 32.5. The highest BCUT2D eigenvalue weighted by molar-refractivity contribution is 5.71. The Morgan fingerprint density at radius 2 is 0.606 bits per heavy atom. The molecule has 0 saturated heterocycles. The molecule has 0 aliphatic heterocycles. The molecule has 66 heavy (non-hydrogen) atoms. The van der Waals surface area contributed by atoms with E-state index >= 15 is 0 Å². The number of rotatable bonds is 48. The molecule has 1 atom stereocenters. The van der Waals surface area contributed by atoms with Crippen LogP contribution < -0.4 is 0 Å². The van der Waals surface area contributed by atoms with Crippen LogP contribution in [0.1, 0.15) is 245 Å². The third-order valence-electron chi connectivity index (χ3n) is 11.3. The van der Waals surface area contributed by atoms with Gasteiger partial charge in [0, 0.05) is 19.3 Å². The smallest absolute Gasteiger partial charge is 0.306 e. The second kappa shape index (κ2) is 53.9. The summed E-state index contributed by atoms with van der Waals surface area (Å²) in [5, 5.41) is 0. The molecule has 0 N–H and O–H groups in total. The molecule has 0 radical (unpaired) electrons. The molecule has 0 saturated carbocycles. The van der Waals surface area contributed by atoms with Crippen LogP contribution in [0.4, 0.5) is 0 Å². The predicted octanol–water partition coefficient (Wildman–Crippen LogP) is 18.1. The standard InChI is InChI=1S/C60H100O6/c1-4-7-10-13-16-19-22-24-26-28-29-30-31-33-34-36-38-41-44-47-50-53-59(62)65-56-57(55-64-58(61)52-49-46-43-40-21-18-15-12-9-6-3)66-60(63)54-51-48-45-42-39-37-35-32-27-25-23-20-17-14-11-8-5-2/h8,11,17,20,22,24-25,27-29,31,33,35,37,42,45,57H,4-7,9-10,12-16,18-19,21,23,26,30,32,34,36,38-41,43-44,46-56H2,1-3H3/b11-8-,20-17-,24-22-,27-25-,29-28-,33-31-,37-35-,45-42-. The summed E-state index contributed by atoms with van der Waals surface area (Å²) >= 11 is 0. The Hall–Kier alpha value is -3.67. The molecule has 6 nitrogen and oxygen atoms in total. The van der Waals surface area contributed by atoms with Crippen molar-refractivity contribution in [3.05, 3.63) is 97.2 Å². The molecule has 1 unspecified atom stereocenters. The number of carbonyl (C=O) groups excluding carboxylic acids is 3. The Bertz CT molecular complexity index is 1330. The molecule has 0 heterocycles. The maximum Gasteiger partial charge on any atom is 0.306 e. The summed E-state index contributed by atoms with van der Waals surface area (Å²) in [5.41, 5.74) is 0. The number of esters is 3. The van der Waals surface area contributed by atoms with Gasteiger partial charge < -0.3 is 14.2 Å². The SMILES string of the molecule is CC/C=C\C/C=C\C/C=C\C/C=C\C/C=C\CCCC(=O)OC(COC(=O)CCCCCCCC/C=C\C/C=C\C/C=C\CCCCCCC)COC(=O)CCCCCCCCCCCC. The average molecular weight is 917 g/mol. The molecule has 0 amide bonds. The van der Waals surface area contributed by atoms with Crippen LogP contribution in [0, 0.1) is 0 Å². The summed E-state index contributed by atoms with van der Waals surface area (Å²) in [5.74, 6) is -0.978. The molecule has 0 aliphatic carbocycles. The van der Waals surface area contributed by atoms with Crippen LogP contribution >= 0.6 is 0 Å². The zero-order chi connectivity index (χ0) is 47.9. The van der Waals surface area contributed by atoms with Crippen molar-refractivity contribution in [1.82, 2.24) is 0 Å². The van der Waals surface area contributed by atoms with Crippen LogP contribution in [0.2, 0.25) is 0 Å². The van der Waals surface area contributed by atoms with E-state index in [2.05, 4.69) is 118 Å². The van der Waals surface area contributed by atoms with Gasteiger partial charge >= 0.3 is 17.9 Å². The summed E-state index contributed by atoms with van der Waals surface area (Å²) in [7, 11) is 0. The number of allylic oxidation sites excluding steroid dienone is 16. The highest BCUT2D eigenvalue weighted by Gasteiger charge is 2.19.